The van der Waals surface area contributed by atoms with Crippen LogP contribution in [0.3, 0.4) is 0 Å². The maximum absolute atomic E-state index is 6.60. The lowest BCUT2D eigenvalue weighted by molar-refractivity contribution is 0.122. The highest BCUT2D eigenvalue weighted by Gasteiger charge is 2.26. The van der Waals surface area contributed by atoms with E-state index in [1.54, 1.807) is 19.0 Å². The Labute approximate surface area is 446 Å². The molecule has 0 bridgehead atoms. The van der Waals surface area contributed by atoms with Crippen molar-refractivity contribution in [3.8, 4) is 11.5 Å². The number of ether oxygens (including phenoxy) is 4. The van der Waals surface area contributed by atoms with Gasteiger partial charge in [0, 0.05) is 140 Å². The number of aromatic nitrogens is 8. The predicted octanol–water partition coefficient (Wildman–Crippen LogP) is 6.05. The summed E-state index contributed by atoms with van der Waals surface area (Å²) in [6, 6.07) is 13.2. The number of hydrogen-bond donors (Lipinski definition) is 2. The molecule has 2 aromatic carbocycles. The van der Waals surface area contributed by atoms with Crippen LogP contribution in [-0.4, -0.2) is 193 Å². The zero-order chi connectivity index (χ0) is 51.3. The fourth-order valence-electron chi connectivity index (χ4n) is 10.5. The van der Waals surface area contributed by atoms with E-state index in [0.717, 1.165) is 218 Å². The molecule has 0 radical (unpaired) electrons. The molecule has 21 heteroatoms. The Kier molecular flexibility index (Phi) is 17.9. The molecule has 6 aromatic rings. The molecule has 0 unspecified atom stereocenters. The fourth-order valence-corrected chi connectivity index (χ4v) is 10.7. The van der Waals surface area contributed by atoms with Gasteiger partial charge in [0.2, 0.25) is 0 Å². The van der Waals surface area contributed by atoms with Gasteiger partial charge in [-0.15, -0.1) is 0 Å². The van der Waals surface area contributed by atoms with Crippen LogP contribution >= 0.6 is 11.6 Å². The van der Waals surface area contributed by atoms with Gasteiger partial charge >= 0.3 is 0 Å². The van der Waals surface area contributed by atoms with Gasteiger partial charge in [0.1, 0.15) is 59.4 Å². The Morgan fingerprint density at radius 1 is 0.520 bits per heavy atom. The molecule has 3 N–H and O–H groups in total. The van der Waals surface area contributed by atoms with E-state index in [-0.39, 0.29) is 13.6 Å². The Morgan fingerprint density at radius 2 is 0.987 bits per heavy atom. The smallest absolute Gasteiger partial charge is 0.134 e. The van der Waals surface area contributed by atoms with Gasteiger partial charge in [0.05, 0.1) is 60.4 Å². The summed E-state index contributed by atoms with van der Waals surface area (Å²) in [7, 11) is 4.30. The number of piperazine rings is 2. The number of benzene rings is 2. The first-order valence-electron chi connectivity index (χ1n) is 26.9. The number of nitrogens with two attached hydrogens (primary N) is 1. The third-order valence-electron chi connectivity index (χ3n) is 15.2. The Hall–Kier alpha value is -6.03. The van der Waals surface area contributed by atoms with Gasteiger partial charge in [-0.2, -0.15) is 0 Å². The van der Waals surface area contributed by atoms with Crippen LogP contribution in [0.25, 0.3) is 21.8 Å². The fraction of sp³-hybridized carbons (Fsp3) is 0.556. The van der Waals surface area contributed by atoms with Crippen molar-refractivity contribution >= 4 is 62.2 Å². The van der Waals surface area contributed by atoms with Crippen molar-refractivity contribution in [3.63, 3.8) is 0 Å². The van der Waals surface area contributed by atoms with Crippen molar-refractivity contribution in [2.24, 2.45) is 5.73 Å². The Balaban J connectivity index is 0.000000154. The second-order valence-corrected chi connectivity index (χ2v) is 20.8. The molecule has 4 aromatic heterocycles. The lowest BCUT2D eigenvalue weighted by Crippen LogP contribution is -2.44. The number of fused-ring (bicyclic) bond motifs is 2. The highest BCUT2D eigenvalue weighted by atomic mass is 35.5. The van der Waals surface area contributed by atoms with E-state index in [1.165, 1.54) is 6.33 Å². The standard InChI is InChI=1S/C27H36N8O2.C18H24N4O2.C9H13ClN4.H2/c1-33-6-8-35(9-7-33)27-16-26(30-19-31-27)32-20-2-4-22(5-3-20)37-25-15-21(34-10-12-36-13-11-34)14-24-23(25)17-28-18-29-24;19-13-1-3-15(4-2-13)24-18-10-14(22-5-7-23-8-6-22)9-17-16(18)11-20-12-21-17;1-13-2-4-14(5-3-13)9-6-8(10)11-7-12-9;/h14-20,22H,2-13H2,1H3,(H,30,31,32);9-13,15H,1-8,19H2;6-7H,2-5H2,1H3;1H. The molecule has 12 rings (SSSR count). The quantitative estimate of drug-likeness (QED) is 0.150. The number of nitrogens with one attached hydrogen (secondary N) is 1. The van der Waals surface area contributed by atoms with Crippen LogP contribution < -0.4 is 40.1 Å². The molecule has 0 amide bonds. The third-order valence-corrected chi connectivity index (χ3v) is 15.4. The molecule has 20 nitrogen and oxygen atoms in total. The van der Waals surface area contributed by atoms with Crippen LogP contribution in [0.5, 0.6) is 11.5 Å². The van der Waals surface area contributed by atoms with Crippen LogP contribution in [0.1, 0.15) is 52.8 Å². The van der Waals surface area contributed by atoms with E-state index < -0.39 is 0 Å². The van der Waals surface area contributed by atoms with Crippen molar-refractivity contribution in [1.29, 1.82) is 0 Å². The highest BCUT2D eigenvalue weighted by molar-refractivity contribution is 6.29. The van der Waals surface area contributed by atoms with Gasteiger partial charge in [0.15, 0.2) is 0 Å². The molecule has 0 atom stereocenters. The molecule has 6 fully saturated rings. The normalized spacial score (nSPS) is 22.9. The van der Waals surface area contributed by atoms with Gasteiger partial charge in [0.25, 0.3) is 0 Å². The van der Waals surface area contributed by atoms with E-state index in [0.29, 0.717) is 17.2 Å². The summed E-state index contributed by atoms with van der Waals surface area (Å²) in [5, 5.41) is 6.11. The molecular weight excluding hydrogens is 972 g/mol. The zero-order valence-corrected chi connectivity index (χ0v) is 44.3. The van der Waals surface area contributed by atoms with Crippen LogP contribution in [0.15, 0.2) is 74.1 Å². The second kappa shape index (κ2) is 25.7. The summed E-state index contributed by atoms with van der Waals surface area (Å²) >= 11 is 5.80. The average molecular weight is 1050 g/mol. The number of rotatable bonds is 10. The molecule has 8 heterocycles. The molecule has 75 heavy (non-hydrogen) atoms. The average Bonchev–Trinajstić information content (AvgIpc) is 3.45. The minimum absolute atomic E-state index is 0. The zero-order valence-electron chi connectivity index (χ0n) is 43.6. The van der Waals surface area contributed by atoms with Crippen molar-refractivity contribution in [1.82, 2.24) is 49.7 Å². The van der Waals surface area contributed by atoms with Crippen LogP contribution in [0.4, 0.5) is 28.8 Å². The van der Waals surface area contributed by atoms with E-state index in [2.05, 4.69) is 119 Å². The van der Waals surface area contributed by atoms with Crippen LogP contribution in [0.2, 0.25) is 5.15 Å². The summed E-state index contributed by atoms with van der Waals surface area (Å²) < 4.78 is 24.0. The molecule has 0 spiro atoms. The summed E-state index contributed by atoms with van der Waals surface area (Å²) in [5.41, 5.74) is 10.1. The van der Waals surface area contributed by atoms with Crippen molar-refractivity contribution in [2.45, 2.75) is 75.7 Å². The largest absolute Gasteiger partial charge is 0.490 e. The minimum atomic E-state index is 0. The highest BCUT2D eigenvalue weighted by Crippen LogP contribution is 2.36. The van der Waals surface area contributed by atoms with Gasteiger partial charge in [-0.3, -0.25) is 0 Å². The molecule has 2 saturated carbocycles. The van der Waals surface area contributed by atoms with E-state index >= 15 is 0 Å². The maximum Gasteiger partial charge on any atom is 0.134 e. The SMILES string of the molecule is CN1CCN(c2cc(Cl)ncn2)CC1.CN1CCN(c2cc(NC3CCC(Oc4cc(N5CCOCC5)cc5ncncc45)CC3)ncn2)CC1.NC1CCC(Oc2cc(N3CCOCC3)cc3ncncc23)CC1.[HH]. The third kappa shape index (κ3) is 14.3. The predicted molar refractivity (Wildman–Crippen MR) is 297 cm³/mol. The lowest BCUT2D eigenvalue weighted by atomic mass is 9.93. The number of anilines is 5. The van der Waals surface area contributed by atoms with Crippen LogP contribution in [0, 0.1) is 0 Å². The van der Waals surface area contributed by atoms with Gasteiger partial charge < -0.3 is 59.4 Å². The number of likely N-dealkylation sites (N-methyl/N-ethyl adjacent to an activating group) is 2. The van der Waals surface area contributed by atoms with E-state index in [4.69, 9.17) is 36.3 Å². The van der Waals surface area contributed by atoms with E-state index in [1.807, 2.05) is 18.5 Å². The van der Waals surface area contributed by atoms with Gasteiger partial charge in [-0.25, -0.2) is 39.9 Å². The van der Waals surface area contributed by atoms with Crippen molar-refractivity contribution in [3.05, 3.63) is 79.3 Å². The molecule has 4 saturated heterocycles. The lowest BCUT2D eigenvalue weighted by Gasteiger charge is -2.33. The number of nitrogens with zero attached hydrogens (tertiary/aromatic N) is 14. The first-order valence-corrected chi connectivity index (χ1v) is 27.3. The molecule has 6 aliphatic rings. The first-order chi connectivity index (χ1) is 36.8. The first kappa shape index (κ1) is 52.4. The number of morpholine rings is 2. The number of hydrogen-bond acceptors (Lipinski definition) is 20. The summed E-state index contributed by atoms with van der Waals surface area (Å²) in [5.74, 6) is 4.61. The summed E-state index contributed by atoms with van der Waals surface area (Å²) in [6.07, 6.45) is 18.6. The maximum atomic E-state index is 6.60. The van der Waals surface area contributed by atoms with Crippen LogP contribution in [-0.2, 0) is 9.47 Å². The van der Waals surface area contributed by atoms with Gasteiger partial charge in [-0.1, -0.05) is 11.6 Å². The van der Waals surface area contributed by atoms with Gasteiger partial charge in [-0.05, 0) is 77.6 Å². The van der Waals surface area contributed by atoms with E-state index in [9.17, 15) is 0 Å². The molecule has 402 valence electrons. The summed E-state index contributed by atoms with van der Waals surface area (Å²) in [6.45, 7) is 14.9. The van der Waals surface area contributed by atoms with Crippen molar-refractivity contribution < 1.29 is 20.4 Å². The Morgan fingerprint density at radius 3 is 1.48 bits per heavy atom. The number of halogens is 1. The minimum Gasteiger partial charge on any atom is -0.490 e. The molecule has 2 aliphatic carbocycles. The summed E-state index contributed by atoms with van der Waals surface area (Å²) in [4.78, 5) is 48.4. The second-order valence-electron chi connectivity index (χ2n) is 20.4. The monoisotopic (exact) mass is 1050 g/mol. The topological polar surface area (TPSA) is 198 Å². The molecular formula is C54H75ClN16O4. The Bertz CT molecular complexity index is 2750. The van der Waals surface area contributed by atoms with Crippen molar-refractivity contribution in [2.75, 3.05) is 144 Å². The molecule has 4 aliphatic heterocycles.